The molecular weight excluding hydrogens is 328 g/mol. The van der Waals surface area contributed by atoms with Gasteiger partial charge in [-0.05, 0) is 31.6 Å². The fourth-order valence-electron chi connectivity index (χ4n) is 2.27. The van der Waals surface area contributed by atoms with Crippen molar-refractivity contribution in [2.45, 2.75) is 19.4 Å². The molecule has 1 aromatic rings. The van der Waals surface area contributed by atoms with Crippen LogP contribution in [-0.2, 0) is 25.9 Å². The fraction of sp³-hybridized carbons (Fsp3) is 0.647. The van der Waals surface area contributed by atoms with Gasteiger partial charge in [-0.25, -0.2) is 13.1 Å². The molecule has 0 fully saturated rings. The molecule has 0 aliphatic rings. The Hall–Kier alpha value is -0.990. The lowest BCUT2D eigenvalue weighted by Crippen LogP contribution is -2.36. The van der Waals surface area contributed by atoms with Crippen LogP contribution in [0.3, 0.4) is 0 Å². The molecule has 0 aliphatic heterocycles. The Morgan fingerprint density at radius 2 is 1.79 bits per heavy atom. The molecule has 1 unspecified atom stereocenters. The molecule has 24 heavy (non-hydrogen) atoms. The molecule has 0 spiro atoms. The minimum Gasteiger partial charge on any atom is -0.382 e. The summed E-state index contributed by atoms with van der Waals surface area (Å²) in [6, 6.07) is 8.28. The molecule has 0 radical (unpaired) electrons. The number of nitrogens with zero attached hydrogens (tertiary/aromatic N) is 1. The molecule has 0 aromatic heterocycles. The number of rotatable bonds is 12. The molecule has 138 valence electrons. The second-order valence-electron chi connectivity index (χ2n) is 5.85. The maximum Gasteiger partial charge on any atom is 0.213 e. The molecule has 6 nitrogen and oxygen atoms in total. The first-order valence-electron chi connectivity index (χ1n) is 8.19. The van der Waals surface area contributed by atoms with E-state index in [4.69, 9.17) is 9.47 Å². The number of sulfonamides is 1. The van der Waals surface area contributed by atoms with Crippen LogP contribution in [0.15, 0.2) is 24.3 Å². The minimum absolute atomic E-state index is 0.0138. The Kier molecular flexibility index (Phi) is 9.46. The number of nitrogens with one attached hydrogen (secondary N) is 1. The van der Waals surface area contributed by atoms with E-state index in [-0.39, 0.29) is 18.4 Å². The van der Waals surface area contributed by atoms with Gasteiger partial charge in [-0.3, -0.25) is 0 Å². The van der Waals surface area contributed by atoms with Crippen molar-refractivity contribution in [3.8, 4) is 0 Å². The first-order valence-corrected chi connectivity index (χ1v) is 9.84. The maximum atomic E-state index is 12.1. The van der Waals surface area contributed by atoms with E-state index in [1.807, 2.05) is 19.0 Å². The van der Waals surface area contributed by atoms with Crippen LogP contribution in [0, 0.1) is 0 Å². The zero-order chi connectivity index (χ0) is 18.0. The molecule has 0 saturated heterocycles. The van der Waals surface area contributed by atoms with Crippen LogP contribution in [0.2, 0.25) is 0 Å². The second-order valence-corrected chi connectivity index (χ2v) is 7.77. The third-order valence-corrected chi connectivity index (χ3v) is 5.13. The van der Waals surface area contributed by atoms with Gasteiger partial charge >= 0.3 is 0 Å². The van der Waals surface area contributed by atoms with Crippen molar-refractivity contribution in [1.29, 1.82) is 0 Å². The summed E-state index contributed by atoms with van der Waals surface area (Å²) < 4.78 is 36.9. The van der Waals surface area contributed by atoms with Gasteiger partial charge in [0, 0.05) is 19.7 Å². The van der Waals surface area contributed by atoms with Crippen molar-refractivity contribution in [3.05, 3.63) is 35.4 Å². The van der Waals surface area contributed by atoms with E-state index in [0.717, 1.165) is 12.0 Å². The summed E-state index contributed by atoms with van der Waals surface area (Å²) in [6.07, 6.45) is 0.989. The molecule has 1 aromatic carbocycles. The van der Waals surface area contributed by atoms with Crippen molar-refractivity contribution in [2.24, 2.45) is 0 Å². The van der Waals surface area contributed by atoms with Crippen LogP contribution >= 0.6 is 0 Å². The molecule has 0 saturated carbocycles. The number of hydrogen-bond acceptors (Lipinski definition) is 5. The molecule has 1 N–H and O–H groups in total. The highest BCUT2D eigenvalue weighted by atomic mass is 32.2. The van der Waals surface area contributed by atoms with E-state index in [9.17, 15) is 8.42 Å². The molecule has 0 bridgehead atoms. The number of ether oxygens (including phenoxy) is 2. The SMILES string of the molecule is CCc1ccc(C(CNS(=O)(=O)CCOCCOC)N(C)C)cc1. The Balaban J connectivity index is 2.55. The normalized spacial score (nSPS) is 13.4. The zero-order valence-electron chi connectivity index (χ0n) is 15.1. The summed E-state index contributed by atoms with van der Waals surface area (Å²) >= 11 is 0. The van der Waals surface area contributed by atoms with Crippen LogP contribution < -0.4 is 4.72 Å². The van der Waals surface area contributed by atoms with Gasteiger partial charge in [0.1, 0.15) is 0 Å². The second kappa shape index (κ2) is 10.8. The highest BCUT2D eigenvalue weighted by Crippen LogP contribution is 2.18. The Labute approximate surface area is 146 Å². The van der Waals surface area contributed by atoms with Crippen molar-refractivity contribution in [3.63, 3.8) is 0 Å². The smallest absolute Gasteiger partial charge is 0.213 e. The number of hydrogen-bond donors (Lipinski definition) is 1. The summed E-state index contributed by atoms with van der Waals surface area (Å²) in [5, 5.41) is 0. The summed E-state index contributed by atoms with van der Waals surface area (Å²) in [4.78, 5) is 2.01. The van der Waals surface area contributed by atoms with Gasteiger partial charge in [0.25, 0.3) is 0 Å². The Morgan fingerprint density at radius 3 is 2.33 bits per heavy atom. The average Bonchev–Trinajstić information content (AvgIpc) is 2.55. The Morgan fingerprint density at radius 1 is 1.12 bits per heavy atom. The highest BCUT2D eigenvalue weighted by Gasteiger charge is 2.18. The lowest BCUT2D eigenvalue weighted by Gasteiger charge is -2.25. The van der Waals surface area contributed by atoms with Gasteiger partial charge in [0.2, 0.25) is 10.0 Å². The summed E-state index contributed by atoms with van der Waals surface area (Å²) in [5.41, 5.74) is 2.36. The molecule has 0 aliphatic carbocycles. The van der Waals surface area contributed by atoms with Crippen LogP contribution in [-0.4, -0.2) is 66.6 Å². The summed E-state index contributed by atoms with van der Waals surface area (Å²) in [7, 11) is 2.11. The third kappa shape index (κ3) is 7.72. The Bertz CT molecular complexity index is 558. The first kappa shape index (κ1) is 21.1. The van der Waals surface area contributed by atoms with E-state index in [0.29, 0.717) is 19.8 Å². The van der Waals surface area contributed by atoms with Gasteiger partial charge in [-0.1, -0.05) is 31.2 Å². The highest BCUT2D eigenvalue weighted by molar-refractivity contribution is 7.89. The van der Waals surface area contributed by atoms with Crippen molar-refractivity contribution in [1.82, 2.24) is 9.62 Å². The van der Waals surface area contributed by atoms with Crippen molar-refractivity contribution < 1.29 is 17.9 Å². The molecule has 7 heteroatoms. The molecule has 0 heterocycles. The molecule has 1 rings (SSSR count). The van der Waals surface area contributed by atoms with Crippen LogP contribution in [0.4, 0.5) is 0 Å². The fourth-order valence-corrected chi connectivity index (χ4v) is 3.16. The summed E-state index contributed by atoms with van der Waals surface area (Å²) in [5.74, 6) is -0.0500. The monoisotopic (exact) mass is 358 g/mol. The number of methoxy groups -OCH3 is 1. The predicted molar refractivity (Wildman–Crippen MR) is 96.7 cm³/mol. The number of benzene rings is 1. The third-order valence-electron chi connectivity index (χ3n) is 3.82. The largest absolute Gasteiger partial charge is 0.382 e. The topological polar surface area (TPSA) is 67.9 Å². The average molecular weight is 359 g/mol. The quantitative estimate of drug-likeness (QED) is 0.573. The molecule has 1 atom stereocenters. The molecular formula is C17H30N2O4S. The van der Waals surface area contributed by atoms with E-state index >= 15 is 0 Å². The van der Waals surface area contributed by atoms with Crippen molar-refractivity contribution >= 4 is 10.0 Å². The minimum atomic E-state index is -3.36. The summed E-state index contributed by atoms with van der Waals surface area (Å²) in [6.45, 7) is 3.47. The van der Waals surface area contributed by atoms with Gasteiger partial charge in [-0.15, -0.1) is 0 Å². The van der Waals surface area contributed by atoms with Gasteiger partial charge in [-0.2, -0.15) is 0 Å². The van der Waals surface area contributed by atoms with Crippen molar-refractivity contribution in [2.75, 3.05) is 53.3 Å². The zero-order valence-corrected chi connectivity index (χ0v) is 15.9. The number of aryl methyl sites for hydroxylation is 1. The van der Waals surface area contributed by atoms with Crippen LogP contribution in [0.25, 0.3) is 0 Å². The van der Waals surface area contributed by atoms with Crippen LogP contribution in [0.5, 0.6) is 0 Å². The van der Waals surface area contributed by atoms with Gasteiger partial charge in [0.05, 0.1) is 25.6 Å². The van der Waals surface area contributed by atoms with Gasteiger partial charge < -0.3 is 14.4 Å². The van der Waals surface area contributed by atoms with E-state index < -0.39 is 10.0 Å². The lowest BCUT2D eigenvalue weighted by molar-refractivity contribution is 0.0784. The predicted octanol–water partition coefficient (Wildman–Crippen LogP) is 1.43. The number of likely N-dealkylation sites (N-methyl/N-ethyl adjacent to an activating group) is 1. The lowest BCUT2D eigenvalue weighted by atomic mass is 10.0. The standard InChI is InChI=1S/C17H30N2O4S/c1-5-15-6-8-16(9-7-15)17(19(2)3)14-18-24(20,21)13-12-23-11-10-22-4/h6-9,17-18H,5,10-14H2,1-4H3. The first-order chi connectivity index (χ1) is 11.4. The maximum absolute atomic E-state index is 12.1. The van der Waals surface area contributed by atoms with E-state index in [2.05, 4.69) is 35.9 Å². The molecule has 0 amide bonds. The van der Waals surface area contributed by atoms with Gasteiger partial charge in [0.15, 0.2) is 0 Å². The van der Waals surface area contributed by atoms with E-state index in [1.54, 1.807) is 7.11 Å². The van der Waals surface area contributed by atoms with E-state index in [1.165, 1.54) is 5.56 Å². The van der Waals surface area contributed by atoms with Crippen LogP contribution in [0.1, 0.15) is 24.1 Å².